The van der Waals surface area contributed by atoms with Crippen molar-refractivity contribution in [2.24, 2.45) is 5.92 Å². The Balaban J connectivity index is 1.39. The maximum Gasteiger partial charge on any atom is 0.226 e. The zero-order valence-electron chi connectivity index (χ0n) is 15.8. The molecule has 2 fully saturated rings. The lowest BCUT2D eigenvalue weighted by atomic mass is 9.97. The van der Waals surface area contributed by atoms with Crippen molar-refractivity contribution in [1.29, 1.82) is 0 Å². The molecule has 0 spiro atoms. The Morgan fingerprint density at radius 3 is 2.78 bits per heavy atom. The lowest BCUT2D eigenvalue weighted by molar-refractivity contribution is -0.128. The quantitative estimate of drug-likeness (QED) is 0.773. The van der Waals surface area contributed by atoms with E-state index in [0.29, 0.717) is 22.7 Å². The van der Waals surface area contributed by atoms with E-state index in [0.717, 1.165) is 62.6 Å². The predicted molar refractivity (Wildman–Crippen MR) is 106 cm³/mol. The first-order valence-electron chi connectivity index (χ1n) is 9.81. The average molecular weight is 388 g/mol. The number of halogens is 1. The second kappa shape index (κ2) is 8.03. The van der Waals surface area contributed by atoms with Crippen LogP contribution in [0, 0.1) is 12.8 Å². The standard InChI is InChI=1S/C21H26ClN3O2/c1-15-19(23-21(27-15)17-6-8-18(22)9-7-17)14-24-10-2-4-16(12-24)13-25-11-3-5-20(25)26/h6-9,16H,2-5,10-14H2,1H3. The molecule has 2 aromatic rings. The molecule has 6 heteroatoms. The molecular weight excluding hydrogens is 362 g/mol. The SMILES string of the molecule is Cc1oc(-c2ccc(Cl)cc2)nc1CN1CCCC(CN2CCCC2=O)C1. The molecule has 0 aliphatic carbocycles. The highest BCUT2D eigenvalue weighted by molar-refractivity contribution is 6.30. The Morgan fingerprint density at radius 1 is 1.22 bits per heavy atom. The van der Waals surface area contributed by atoms with Crippen LogP contribution in [0.2, 0.25) is 5.02 Å². The van der Waals surface area contributed by atoms with E-state index in [9.17, 15) is 4.79 Å². The molecule has 1 amide bonds. The molecule has 1 aromatic heterocycles. The molecule has 27 heavy (non-hydrogen) atoms. The number of nitrogens with zero attached hydrogens (tertiary/aromatic N) is 3. The number of amides is 1. The molecule has 0 radical (unpaired) electrons. The molecule has 1 aromatic carbocycles. The number of aryl methyl sites for hydroxylation is 1. The second-order valence-corrected chi connectivity index (χ2v) is 8.15. The zero-order chi connectivity index (χ0) is 18.8. The summed E-state index contributed by atoms with van der Waals surface area (Å²) in [5.41, 5.74) is 1.94. The normalized spacial score (nSPS) is 21.2. The van der Waals surface area contributed by atoms with Gasteiger partial charge in [0.2, 0.25) is 11.8 Å². The third-order valence-corrected chi connectivity index (χ3v) is 5.86. The molecule has 2 aliphatic heterocycles. The summed E-state index contributed by atoms with van der Waals surface area (Å²) in [6.45, 7) is 6.71. The maximum atomic E-state index is 11.9. The summed E-state index contributed by atoms with van der Waals surface area (Å²) in [4.78, 5) is 21.1. The van der Waals surface area contributed by atoms with Crippen molar-refractivity contribution in [3.8, 4) is 11.5 Å². The largest absolute Gasteiger partial charge is 0.441 e. The number of aromatic nitrogens is 1. The van der Waals surface area contributed by atoms with E-state index in [-0.39, 0.29) is 0 Å². The Kier molecular flexibility index (Phi) is 5.50. The number of hydrogen-bond donors (Lipinski definition) is 0. The Hall–Kier alpha value is -1.85. The van der Waals surface area contributed by atoms with Crippen molar-refractivity contribution >= 4 is 17.5 Å². The molecule has 2 aliphatic rings. The van der Waals surface area contributed by atoms with E-state index in [1.807, 2.05) is 36.1 Å². The molecule has 5 nitrogen and oxygen atoms in total. The van der Waals surface area contributed by atoms with E-state index in [1.165, 1.54) is 12.8 Å². The van der Waals surface area contributed by atoms with Gasteiger partial charge in [0.1, 0.15) is 5.76 Å². The monoisotopic (exact) mass is 387 g/mol. The summed E-state index contributed by atoms with van der Waals surface area (Å²) in [6, 6.07) is 7.57. The lowest BCUT2D eigenvalue weighted by Gasteiger charge is -2.34. The highest BCUT2D eigenvalue weighted by atomic mass is 35.5. The van der Waals surface area contributed by atoms with Crippen LogP contribution < -0.4 is 0 Å². The topological polar surface area (TPSA) is 49.6 Å². The van der Waals surface area contributed by atoms with Crippen LogP contribution in [-0.4, -0.2) is 46.9 Å². The minimum Gasteiger partial charge on any atom is -0.441 e. The summed E-state index contributed by atoms with van der Waals surface area (Å²) >= 11 is 5.97. The van der Waals surface area contributed by atoms with Gasteiger partial charge in [0, 0.05) is 43.2 Å². The smallest absolute Gasteiger partial charge is 0.226 e. The van der Waals surface area contributed by atoms with Gasteiger partial charge in [-0.15, -0.1) is 0 Å². The van der Waals surface area contributed by atoms with Crippen molar-refractivity contribution in [3.63, 3.8) is 0 Å². The number of oxazole rings is 1. The van der Waals surface area contributed by atoms with E-state index < -0.39 is 0 Å². The summed E-state index contributed by atoms with van der Waals surface area (Å²) in [5, 5.41) is 0.707. The van der Waals surface area contributed by atoms with Crippen LogP contribution >= 0.6 is 11.6 Å². The first kappa shape index (κ1) is 18.5. The van der Waals surface area contributed by atoms with Gasteiger partial charge < -0.3 is 9.32 Å². The van der Waals surface area contributed by atoms with Crippen molar-refractivity contribution in [2.75, 3.05) is 26.2 Å². The highest BCUT2D eigenvalue weighted by Gasteiger charge is 2.27. The predicted octanol–water partition coefficient (Wildman–Crippen LogP) is 4.14. The van der Waals surface area contributed by atoms with Gasteiger partial charge in [-0.25, -0.2) is 4.98 Å². The van der Waals surface area contributed by atoms with Crippen LogP contribution in [0.15, 0.2) is 28.7 Å². The van der Waals surface area contributed by atoms with E-state index in [1.54, 1.807) is 0 Å². The maximum absolute atomic E-state index is 11.9. The minimum absolute atomic E-state index is 0.326. The number of hydrogen-bond acceptors (Lipinski definition) is 4. The number of piperidine rings is 1. The van der Waals surface area contributed by atoms with Crippen LogP contribution in [0.4, 0.5) is 0 Å². The number of benzene rings is 1. The van der Waals surface area contributed by atoms with E-state index in [4.69, 9.17) is 21.0 Å². The summed E-state index contributed by atoms with van der Waals surface area (Å²) < 4.78 is 5.90. The number of carbonyl (C=O) groups is 1. The summed E-state index contributed by atoms with van der Waals surface area (Å²) in [5.74, 6) is 2.41. The fourth-order valence-corrected chi connectivity index (χ4v) is 4.28. The van der Waals surface area contributed by atoms with E-state index in [2.05, 4.69) is 4.90 Å². The fraction of sp³-hybridized carbons (Fsp3) is 0.524. The van der Waals surface area contributed by atoms with Gasteiger partial charge in [-0.2, -0.15) is 0 Å². The van der Waals surface area contributed by atoms with Gasteiger partial charge in [-0.3, -0.25) is 9.69 Å². The number of rotatable bonds is 5. The van der Waals surface area contributed by atoms with Crippen molar-refractivity contribution < 1.29 is 9.21 Å². The molecule has 0 saturated carbocycles. The highest BCUT2D eigenvalue weighted by Crippen LogP contribution is 2.26. The molecule has 2 saturated heterocycles. The van der Waals surface area contributed by atoms with Crippen molar-refractivity contribution in [1.82, 2.24) is 14.8 Å². The first-order chi connectivity index (χ1) is 13.1. The number of likely N-dealkylation sites (tertiary alicyclic amines) is 2. The molecule has 144 valence electrons. The molecule has 1 atom stereocenters. The fourth-order valence-electron chi connectivity index (χ4n) is 4.16. The lowest BCUT2D eigenvalue weighted by Crippen LogP contribution is -2.41. The minimum atomic E-state index is 0.326. The van der Waals surface area contributed by atoms with Gasteiger partial charge in [-0.1, -0.05) is 11.6 Å². The third kappa shape index (κ3) is 4.36. The molecular formula is C21H26ClN3O2. The molecule has 0 bridgehead atoms. The van der Waals surface area contributed by atoms with Gasteiger partial charge >= 0.3 is 0 Å². The van der Waals surface area contributed by atoms with Gasteiger partial charge in [0.15, 0.2) is 0 Å². The number of carbonyl (C=O) groups excluding carboxylic acids is 1. The van der Waals surface area contributed by atoms with Gasteiger partial charge in [-0.05, 0) is 62.9 Å². The Labute approximate surface area is 165 Å². The van der Waals surface area contributed by atoms with Crippen LogP contribution in [0.5, 0.6) is 0 Å². The van der Waals surface area contributed by atoms with Crippen LogP contribution in [0.3, 0.4) is 0 Å². The molecule has 1 unspecified atom stereocenters. The molecule has 3 heterocycles. The second-order valence-electron chi connectivity index (χ2n) is 7.72. The van der Waals surface area contributed by atoms with Crippen LogP contribution in [-0.2, 0) is 11.3 Å². The van der Waals surface area contributed by atoms with Crippen LogP contribution in [0.1, 0.15) is 37.1 Å². The third-order valence-electron chi connectivity index (χ3n) is 5.61. The molecule has 0 N–H and O–H groups in total. The Morgan fingerprint density at radius 2 is 2.04 bits per heavy atom. The zero-order valence-corrected chi connectivity index (χ0v) is 16.5. The summed E-state index contributed by atoms with van der Waals surface area (Å²) in [7, 11) is 0. The van der Waals surface area contributed by atoms with Crippen LogP contribution in [0.25, 0.3) is 11.5 Å². The first-order valence-corrected chi connectivity index (χ1v) is 10.2. The average Bonchev–Trinajstić information content (AvgIpc) is 3.22. The van der Waals surface area contributed by atoms with Gasteiger partial charge in [0.25, 0.3) is 0 Å². The van der Waals surface area contributed by atoms with Crippen molar-refractivity contribution in [2.45, 2.75) is 39.2 Å². The molecule has 4 rings (SSSR count). The summed E-state index contributed by atoms with van der Waals surface area (Å²) in [6.07, 6.45) is 4.12. The van der Waals surface area contributed by atoms with E-state index >= 15 is 0 Å². The Bertz CT molecular complexity index is 802. The van der Waals surface area contributed by atoms with Crippen molar-refractivity contribution in [3.05, 3.63) is 40.7 Å². The van der Waals surface area contributed by atoms with Gasteiger partial charge in [0.05, 0.1) is 5.69 Å².